The molecule has 0 bridgehead atoms. The minimum atomic E-state index is 0.626. The van der Waals surface area contributed by atoms with Crippen LogP contribution >= 0.6 is 11.6 Å². The normalized spacial score (nSPS) is 12.0. The first kappa shape index (κ1) is 17.0. The molecule has 0 atom stereocenters. The highest BCUT2D eigenvalue weighted by molar-refractivity contribution is 6.36. The van der Waals surface area contributed by atoms with Crippen molar-refractivity contribution in [1.29, 1.82) is 0 Å². The fourth-order valence-corrected chi connectivity index (χ4v) is 5.08. The zero-order chi connectivity index (χ0) is 20.5. The van der Waals surface area contributed by atoms with Gasteiger partial charge in [0.25, 0.3) is 0 Å². The van der Waals surface area contributed by atoms with Gasteiger partial charge in [0.1, 0.15) is 5.58 Å². The predicted molar refractivity (Wildman–Crippen MR) is 131 cm³/mol. The van der Waals surface area contributed by atoms with E-state index in [1.165, 1.54) is 32.6 Å². The Hall–Kier alpha value is -3.75. The van der Waals surface area contributed by atoms with Crippen molar-refractivity contribution in [2.24, 2.45) is 0 Å². The second-order valence-electron chi connectivity index (χ2n) is 7.94. The van der Waals surface area contributed by atoms with Crippen LogP contribution in [0.15, 0.2) is 101 Å². The summed E-state index contributed by atoms with van der Waals surface area (Å²) in [5.41, 5.74) is 4.99. The Labute approximate surface area is 182 Å². The molecule has 7 rings (SSSR count). The highest BCUT2D eigenvalue weighted by atomic mass is 35.5. The molecule has 0 saturated carbocycles. The van der Waals surface area contributed by atoms with Gasteiger partial charge in [0, 0.05) is 16.2 Å². The molecule has 31 heavy (non-hydrogen) atoms. The maximum atomic E-state index is 6.57. The maximum Gasteiger partial charge on any atom is 0.156 e. The van der Waals surface area contributed by atoms with E-state index in [9.17, 15) is 0 Å². The molecule has 146 valence electrons. The zero-order valence-corrected chi connectivity index (χ0v) is 17.2. The van der Waals surface area contributed by atoms with Crippen LogP contribution in [-0.4, -0.2) is 4.57 Å². The molecular formula is C28H16ClNO. The number of benzene rings is 5. The summed E-state index contributed by atoms with van der Waals surface area (Å²) in [6.45, 7) is 0. The topological polar surface area (TPSA) is 18.1 Å². The lowest BCUT2D eigenvalue weighted by atomic mass is 10.1. The monoisotopic (exact) mass is 417 g/mol. The number of furan rings is 1. The summed E-state index contributed by atoms with van der Waals surface area (Å²) in [5, 5.41) is 7.68. The molecule has 5 aromatic carbocycles. The molecule has 2 aromatic heterocycles. The summed E-state index contributed by atoms with van der Waals surface area (Å²) < 4.78 is 8.52. The van der Waals surface area contributed by atoms with Crippen molar-refractivity contribution in [3.63, 3.8) is 0 Å². The zero-order valence-electron chi connectivity index (χ0n) is 16.5. The summed E-state index contributed by atoms with van der Waals surface area (Å²) in [6.07, 6.45) is 0. The minimum absolute atomic E-state index is 0.626. The van der Waals surface area contributed by atoms with E-state index >= 15 is 0 Å². The van der Waals surface area contributed by atoms with Gasteiger partial charge in [-0.2, -0.15) is 0 Å². The summed E-state index contributed by atoms with van der Waals surface area (Å²) in [4.78, 5) is 0. The van der Waals surface area contributed by atoms with Crippen LogP contribution in [-0.2, 0) is 0 Å². The summed E-state index contributed by atoms with van der Waals surface area (Å²) in [5.74, 6) is 0. The van der Waals surface area contributed by atoms with E-state index in [0.717, 1.165) is 27.6 Å². The Balaban J connectivity index is 1.73. The van der Waals surface area contributed by atoms with Gasteiger partial charge < -0.3 is 8.98 Å². The van der Waals surface area contributed by atoms with Gasteiger partial charge in [-0.15, -0.1) is 0 Å². The van der Waals surface area contributed by atoms with E-state index in [2.05, 4.69) is 77.4 Å². The van der Waals surface area contributed by atoms with Crippen LogP contribution in [0.3, 0.4) is 0 Å². The molecule has 0 radical (unpaired) electrons. The van der Waals surface area contributed by atoms with Gasteiger partial charge in [-0.05, 0) is 47.2 Å². The van der Waals surface area contributed by atoms with E-state index in [1.54, 1.807) is 0 Å². The third kappa shape index (κ3) is 2.28. The molecule has 2 heterocycles. The average Bonchev–Trinajstić information content (AvgIpc) is 3.35. The summed E-state index contributed by atoms with van der Waals surface area (Å²) in [7, 11) is 0. The van der Waals surface area contributed by atoms with Gasteiger partial charge in [0.2, 0.25) is 0 Å². The third-order valence-corrected chi connectivity index (χ3v) is 6.53. The molecule has 3 heteroatoms. The molecule has 0 spiro atoms. The predicted octanol–water partition coefficient (Wildman–Crippen LogP) is 8.49. The fraction of sp³-hybridized carbons (Fsp3) is 0. The van der Waals surface area contributed by atoms with Gasteiger partial charge in [-0.25, -0.2) is 0 Å². The van der Waals surface area contributed by atoms with Crippen molar-refractivity contribution in [1.82, 2.24) is 4.57 Å². The van der Waals surface area contributed by atoms with Gasteiger partial charge in [0.15, 0.2) is 5.58 Å². The van der Waals surface area contributed by atoms with Gasteiger partial charge in [-0.3, -0.25) is 0 Å². The van der Waals surface area contributed by atoms with Crippen LogP contribution in [0.4, 0.5) is 0 Å². The Bertz CT molecular complexity index is 1810. The molecule has 0 N–H and O–H groups in total. The standard InChI is InChI=1S/C28H16ClNO/c29-22-13-14-24(27-20-10-4-6-12-26(20)31-28(22)27)30-23-11-5-3-9-19(23)21-15-17-7-1-2-8-18(17)16-25(21)30/h1-16H. The quantitative estimate of drug-likeness (QED) is 0.262. The molecule has 0 unspecified atom stereocenters. The van der Waals surface area contributed by atoms with E-state index in [4.69, 9.17) is 16.0 Å². The third-order valence-electron chi connectivity index (χ3n) is 6.24. The Morgan fingerprint density at radius 1 is 0.613 bits per heavy atom. The van der Waals surface area contributed by atoms with E-state index in [1.807, 2.05) is 24.3 Å². The van der Waals surface area contributed by atoms with Crippen LogP contribution in [0, 0.1) is 0 Å². The fourth-order valence-electron chi connectivity index (χ4n) is 4.88. The van der Waals surface area contributed by atoms with E-state index < -0.39 is 0 Å². The molecule has 2 nitrogen and oxygen atoms in total. The molecule has 0 aliphatic heterocycles. The largest absolute Gasteiger partial charge is 0.454 e. The number of para-hydroxylation sites is 2. The van der Waals surface area contributed by atoms with Crippen molar-refractivity contribution in [2.45, 2.75) is 0 Å². The van der Waals surface area contributed by atoms with Gasteiger partial charge >= 0.3 is 0 Å². The number of rotatable bonds is 1. The Morgan fingerprint density at radius 2 is 1.32 bits per heavy atom. The van der Waals surface area contributed by atoms with Crippen molar-refractivity contribution in [3.05, 3.63) is 102 Å². The Kier molecular flexibility index (Phi) is 3.36. The summed E-state index contributed by atoms with van der Waals surface area (Å²) >= 11 is 6.57. The first-order valence-corrected chi connectivity index (χ1v) is 10.7. The average molecular weight is 418 g/mol. The number of aromatic nitrogens is 1. The number of hydrogen-bond donors (Lipinski definition) is 0. The van der Waals surface area contributed by atoms with Crippen LogP contribution in [0.5, 0.6) is 0 Å². The van der Waals surface area contributed by atoms with Crippen LogP contribution in [0.25, 0.3) is 60.2 Å². The van der Waals surface area contributed by atoms with Crippen molar-refractivity contribution >= 4 is 66.1 Å². The second kappa shape index (κ2) is 6.13. The van der Waals surface area contributed by atoms with E-state index in [0.29, 0.717) is 5.02 Å². The molecule has 7 aromatic rings. The molecular weight excluding hydrogens is 402 g/mol. The van der Waals surface area contributed by atoms with Gasteiger partial charge in [0.05, 0.1) is 27.1 Å². The first-order valence-electron chi connectivity index (χ1n) is 10.3. The summed E-state index contributed by atoms with van der Waals surface area (Å²) in [6, 6.07) is 33.8. The Morgan fingerprint density at radius 3 is 2.19 bits per heavy atom. The van der Waals surface area contributed by atoms with Crippen LogP contribution in [0.2, 0.25) is 5.02 Å². The molecule has 0 aliphatic carbocycles. The minimum Gasteiger partial charge on any atom is -0.454 e. The smallest absolute Gasteiger partial charge is 0.156 e. The van der Waals surface area contributed by atoms with Crippen molar-refractivity contribution < 1.29 is 4.42 Å². The highest BCUT2D eigenvalue weighted by Gasteiger charge is 2.19. The lowest BCUT2D eigenvalue weighted by molar-refractivity contribution is 0.669. The SMILES string of the molecule is Clc1ccc(-n2c3ccccc3c3cc4ccccc4cc32)c2c1oc1ccccc12. The van der Waals surface area contributed by atoms with Crippen molar-refractivity contribution in [3.8, 4) is 5.69 Å². The lowest BCUT2D eigenvalue weighted by Crippen LogP contribution is -1.95. The van der Waals surface area contributed by atoms with Crippen molar-refractivity contribution in [2.75, 3.05) is 0 Å². The number of halogens is 1. The molecule has 0 fully saturated rings. The second-order valence-corrected chi connectivity index (χ2v) is 8.35. The number of nitrogens with zero attached hydrogens (tertiary/aromatic N) is 1. The van der Waals surface area contributed by atoms with Gasteiger partial charge in [-0.1, -0.05) is 72.3 Å². The molecule has 0 amide bonds. The van der Waals surface area contributed by atoms with Crippen LogP contribution in [0.1, 0.15) is 0 Å². The maximum absolute atomic E-state index is 6.57. The van der Waals surface area contributed by atoms with Crippen LogP contribution < -0.4 is 0 Å². The highest BCUT2D eigenvalue weighted by Crippen LogP contribution is 2.41. The lowest BCUT2D eigenvalue weighted by Gasteiger charge is -2.10. The molecule has 0 saturated heterocycles. The molecule has 0 aliphatic rings. The number of hydrogen-bond acceptors (Lipinski definition) is 1. The van der Waals surface area contributed by atoms with E-state index in [-0.39, 0.29) is 0 Å². The number of fused-ring (bicyclic) bond motifs is 7. The first-order chi connectivity index (χ1) is 15.3.